The van der Waals surface area contributed by atoms with E-state index in [-0.39, 0.29) is 23.8 Å². The second-order valence-electron chi connectivity index (χ2n) is 8.94. The van der Waals surface area contributed by atoms with Gasteiger partial charge in [-0.05, 0) is 71.3 Å². The first-order valence-electron chi connectivity index (χ1n) is 11.6. The Labute approximate surface area is 204 Å². The van der Waals surface area contributed by atoms with Crippen molar-refractivity contribution in [1.29, 1.82) is 0 Å². The molecule has 1 aliphatic rings. The SMILES string of the molecule is COc1cccc(C[C@H](C2CCN(C(=O)Cc3ccsc3)CC2)N(C)C(=O)c2ccn(C)n2)c1. The zero-order valence-corrected chi connectivity index (χ0v) is 20.8. The van der Waals surface area contributed by atoms with Crippen LogP contribution in [0.3, 0.4) is 0 Å². The van der Waals surface area contributed by atoms with E-state index in [2.05, 4.69) is 11.2 Å². The lowest BCUT2D eigenvalue weighted by molar-refractivity contribution is -0.132. The molecule has 3 aromatic rings. The van der Waals surface area contributed by atoms with Crippen LogP contribution in [0.25, 0.3) is 0 Å². The Kier molecular flexibility index (Phi) is 7.67. The molecule has 0 aliphatic carbocycles. The van der Waals surface area contributed by atoms with E-state index in [1.165, 1.54) is 0 Å². The van der Waals surface area contributed by atoms with Gasteiger partial charge in [0, 0.05) is 39.4 Å². The number of carbonyl (C=O) groups is 2. The van der Waals surface area contributed by atoms with Gasteiger partial charge in [0.25, 0.3) is 5.91 Å². The van der Waals surface area contributed by atoms with Crippen LogP contribution in [0, 0.1) is 5.92 Å². The fourth-order valence-corrected chi connectivity index (χ4v) is 5.40. The van der Waals surface area contributed by atoms with Crippen LogP contribution >= 0.6 is 11.3 Å². The first-order chi connectivity index (χ1) is 16.4. The van der Waals surface area contributed by atoms with Gasteiger partial charge in [-0.1, -0.05) is 12.1 Å². The van der Waals surface area contributed by atoms with Crippen LogP contribution in [0.4, 0.5) is 0 Å². The summed E-state index contributed by atoms with van der Waals surface area (Å²) in [6, 6.07) is 11.8. The average Bonchev–Trinajstić information content (AvgIpc) is 3.53. The Hall–Kier alpha value is -3.13. The van der Waals surface area contributed by atoms with Gasteiger partial charge in [-0.25, -0.2) is 0 Å². The lowest BCUT2D eigenvalue weighted by atomic mass is 9.84. The summed E-state index contributed by atoms with van der Waals surface area (Å²) in [6.07, 6.45) is 4.70. The fourth-order valence-electron chi connectivity index (χ4n) is 4.73. The maximum Gasteiger partial charge on any atom is 0.274 e. The first-order valence-corrected chi connectivity index (χ1v) is 12.6. The minimum atomic E-state index is -0.0792. The maximum absolute atomic E-state index is 13.3. The van der Waals surface area contributed by atoms with E-state index < -0.39 is 0 Å². The van der Waals surface area contributed by atoms with Crippen LogP contribution < -0.4 is 4.74 Å². The van der Waals surface area contributed by atoms with Crippen LogP contribution in [0.15, 0.2) is 53.4 Å². The van der Waals surface area contributed by atoms with E-state index in [1.54, 1.807) is 35.4 Å². The molecule has 2 aromatic heterocycles. The molecule has 1 aromatic carbocycles. The zero-order valence-electron chi connectivity index (χ0n) is 20.0. The monoisotopic (exact) mass is 480 g/mol. The molecule has 180 valence electrons. The lowest BCUT2D eigenvalue weighted by Gasteiger charge is -2.40. The predicted molar refractivity (Wildman–Crippen MR) is 133 cm³/mol. The summed E-state index contributed by atoms with van der Waals surface area (Å²) in [5.41, 5.74) is 2.65. The molecule has 1 saturated heterocycles. The number of ether oxygens (including phenoxy) is 1. The number of benzene rings is 1. The van der Waals surface area contributed by atoms with Gasteiger partial charge in [0.1, 0.15) is 11.4 Å². The number of thiophene rings is 1. The highest BCUT2D eigenvalue weighted by Crippen LogP contribution is 2.28. The second-order valence-corrected chi connectivity index (χ2v) is 9.72. The van der Waals surface area contributed by atoms with E-state index in [0.29, 0.717) is 25.2 Å². The number of hydrogen-bond donors (Lipinski definition) is 0. The normalized spacial score (nSPS) is 15.2. The van der Waals surface area contributed by atoms with Crippen LogP contribution in [0.2, 0.25) is 0 Å². The Morgan fingerprint density at radius 3 is 2.65 bits per heavy atom. The summed E-state index contributed by atoms with van der Waals surface area (Å²) in [4.78, 5) is 29.9. The second kappa shape index (κ2) is 10.9. The number of methoxy groups -OCH3 is 1. The Morgan fingerprint density at radius 1 is 1.21 bits per heavy atom. The fraction of sp³-hybridized carbons (Fsp3) is 0.423. The van der Waals surface area contributed by atoms with Crippen LogP contribution in [-0.2, 0) is 24.7 Å². The molecule has 0 N–H and O–H groups in total. The van der Waals surface area contributed by atoms with Gasteiger partial charge in [0.05, 0.1) is 13.5 Å². The number of aryl methyl sites for hydroxylation is 1. The number of likely N-dealkylation sites (tertiary alicyclic amines) is 1. The number of amides is 2. The molecule has 8 heteroatoms. The van der Waals surface area contributed by atoms with E-state index >= 15 is 0 Å². The summed E-state index contributed by atoms with van der Waals surface area (Å²) >= 11 is 1.62. The number of aromatic nitrogens is 2. The quantitative estimate of drug-likeness (QED) is 0.494. The van der Waals surface area contributed by atoms with Gasteiger partial charge in [-0.2, -0.15) is 16.4 Å². The third-order valence-electron chi connectivity index (χ3n) is 6.70. The smallest absolute Gasteiger partial charge is 0.274 e. The van der Waals surface area contributed by atoms with Crippen LogP contribution in [0.1, 0.15) is 34.5 Å². The lowest BCUT2D eigenvalue weighted by Crippen LogP contribution is -2.48. The molecule has 0 radical (unpaired) electrons. The van der Waals surface area contributed by atoms with Crippen molar-refractivity contribution in [1.82, 2.24) is 19.6 Å². The third kappa shape index (κ3) is 5.67. The molecule has 1 aliphatic heterocycles. The van der Waals surface area contributed by atoms with Crippen molar-refractivity contribution in [2.24, 2.45) is 13.0 Å². The van der Waals surface area contributed by atoms with Crippen LogP contribution in [-0.4, -0.2) is 64.7 Å². The van der Waals surface area contributed by atoms with Crippen molar-refractivity contribution in [2.75, 3.05) is 27.2 Å². The Balaban J connectivity index is 1.48. The summed E-state index contributed by atoms with van der Waals surface area (Å²) in [6.45, 7) is 1.43. The molecular formula is C26H32N4O3S. The van der Waals surface area contributed by atoms with Crippen molar-refractivity contribution in [3.05, 3.63) is 70.2 Å². The standard InChI is InChI=1S/C26H32N4O3S/c1-28-11-9-23(27-28)26(32)29(2)24(16-19-5-4-6-22(15-19)33-3)21-7-12-30(13-8-21)25(31)17-20-10-14-34-18-20/h4-6,9-11,14-15,18,21,24H,7-8,12-13,16-17H2,1-3H3/t24-/m1/s1. The van der Waals surface area contributed by atoms with E-state index in [9.17, 15) is 9.59 Å². The molecule has 0 unspecified atom stereocenters. The van der Waals surface area contributed by atoms with Crippen molar-refractivity contribution in [3.63, 3.8) is 0 Å². The minimum absolute atomic E-state index is 0.00395. The number of carbonyl (C=O) groups excluding carboxylic acids is 2. The molecule has 1 fully saturated rings. The molecule has 34 heavy (non-hydrogen) atoms. The highest BCUT2D eigenvalue weighted by Gasteiger charge is 2.33. The molecule has 7 nitrogen and oxygen atoms in total. The highest BCUT2D eigenvalue weighted by atomic mass is 32.1. The number of nitrogens with zero attached hydrogens (tertiary/aromatic N) is 4. The number of piperidine rings is 1. The molecule has 0 spiro atoms. The van der Waals surface area contributed by atoms with Gasteiger partial charge in [0.15, 0.2) is 0 Å². The predicted octanol–water partition coefficient (Wildman–Crippen LogP) is 3.65. The van der Waals surface area contributed by atoms with Gasteiger partial charge in [-0.15, -0.1) is 0 Å². The molecular weight excluding hydrogens is 448 g/mol. The van der Waals surface area contributed by atoms with E-state index in [4.69, 9.17) is 4.74 Å². The summed E-state index contributed by atoms with van der Waals surface area (Å²) in [7, 11) is 5.35. The zero-order chi connectivity index (χ0) is 24.1. The van der Waals surface area contributed by atoms with Crippen molar-refractivity contribution in [2.45, 2.75) is 31.7 Å². The summed E-state index contributed by atoms with van der Waals surface area (Å²) in [5, 5.41) is 8.36. The van der Waals surface area contributed by atoms with Gasteiger partial charge >= 0.3 is 0 Å². The molecule has 1 atom stereocenters. The van der Waals surface area contributed by atoms with Gasteiger partial charge < -0.3 is 14.5 Å². The summed E-state index contributed by atoms with van der Waals surface area (Å²) < 4.78 is 7.06. The Morgan fingerprint density at radius 2 is 2.00 bits per heavy atom. The molecule has 0 bridgehead atoms. The largest absolute Gasteiger partial charge is 0.497 e. The van der Waals surface area contributed by atoms with Crippen molar-refractivity contribution < 1.29 is 14.3 Å². The van der Waals surface area contributed by atoms with Gasteiger partial charge in [-0.3, -0.25) is 14.3 Å². The van der Waals surface area contributed by atoms with Crippen LogP contribution in [0.5, 0.6) is 5.75 Å². The number of likely N-dealkylation sites (N-methyl/N-ethyl adjacent to an activating group) is 1. The van der Waals surface area contributed by atoms with Crippen molar-refractivity contribution >= 4 is 23.2 Å². The molecule has 4 rings (SSSR count). The molecule has 3 heterocycles. The van der Waals surface area contributed by atoms with Crippen molar-refractivity contribution in [3.8, 4) is 5.75 Å². The Bertz CT molecular complexity index is 1100. The number of hydrogen-bond acceptors (Lipinski definition) is 5. The van der Waals surface area contributed by atoms with Gasteiger partial charge in [0.2, 0.25) is 5.91 Å². The topological polar surface area (TPSA) is 67.7 Å². The first kappa shape index (κ1) is 24.0. The highest BCUT2D eigenvalue weighted by molar-refractivity contribution is 7.08. The minimum Gasteiger partial charge on any atom is -0.497 e. The van der Waals surface area contributed by atoms with E-state index in [0.717, 1.165) is 36.1 Å². The molecule has 2 amide bonds. The average molecular weight is 481 g/mol. The number of rotatable bonds is 8. The van der Waals surface area contributed by atoms with E-state index in [1.807, 2.05) is 58.9 Å². The summed E-state index contributed by atoms with van der Waals surface area (Å²) in [5.74, 6) is 1.20. The third-order valence-corrected chi connectivity index (χ3v) is 7.43. The molecule has 0 saturated carbocycles. The maximum atomic E-state index is 13.3.